The number of fused-ring (bicyclic) bond motifs is 1. The van der Waals surface area contributed by atoms with Gasteiger partial charge in [-0.1, -0.05) is 6.07 Å². The van der Waals surface area contributed by atoms with E-state index in [2.05, 4.69) is 0 Å². The summed E-state index contributed by atoms with van der Waals surface area (Å²) < 4.78 is 21.4. The zero-order valence-electron chi connectivity index (χ0n) is 10.4. The predicted octanol–water partition coefficient (Wildman–Crippen LogP) is 1.40. The number of nitro benzene ring substituents is 1. The summed E-state index contributed by atoms with van der Waals surface area (Å²) in [6.07, 6.45) is 0. The predicted molar refractivity (Wildman–Crippen MR) is 65.7 cm³/mol. The van der Waals surface area contributed by atoms with Crippen molar-refractivity contribution in [3.63, 3.8) is 0 Å². The van der Waals surface area contributed by atoms with Crippen molar-refractivity contribution >= 4 is 5.69 Å². The number of hydrogen-bond donors (Lipinski definition) is 0. The highest BCUT2D eigenvalue weighted by molar-refractivity contribution is 5.55. The number of nitro groups is 1. The Hall–Kier alpha value is -1.86. The van der Waals surface area contributed by atoms with Crippen molar-refractivity contribution in [2.45, 2.75) is 0 Å². The fourth-order valence-corrected chi connectivity index (χ4v) is 1.64. The average Bonchev–Trinajstić information content (AvgIpc) is 2.39. The Kier molecular flexibility index (Phi) is 4.93. The first-order valence-corrected chi connectivity index (χ1v) is 5.97. The third-order valence-corrected chi connectivity index (χ3v) is 2.49. The minimum absolute atomic E-state index is 0.115. The van der Waals surface area contributed by atoms with E-state index in [4.69, 9.17) is 18.9 Å². The van der Waals surface area contributed by atoms with Gasteiger partial charge in [0.25, 0.3) is 0 Å². The maximum absolute atomic E-state index is 11.0. The zero-order valence-corrected chi connectivity index (χ0v) is 10.4. The standard InChI is InChI=1S/C12H15NO6/c14-13(15)10-2-1-3-11-12(10)19-9-7-17-5-4-16-6-8-18-11/h1-3H,4-9H2. The molecule has 7 nitrogen and oxygen atoms in total. The first-order valence-electron chi connectivity index (χ1n) is 5.97. The molecule has 1 heterocycles. The van der Waals surface area contributed by atoms with E-state index < -0.39 is 4.92 Å². The average molecular weight is 269 g/mol. The van der Waals surface area contributed by atoms with Gasteiger partial charge >= 0.3 is 5.69 Å². The summed E-state index contributed by atoms with van der Waals surface area (Å²) in [7, 11) is 0. The molecule has 0 unspecified atom stereocenters. The van der Waals surface area contributed by atoms with Crippen molar-refractivity contribution in [1.82, 2.24) is 0 Å². The number of para-hydroxylation sites is 1. The van der Waals surface area contributed by atoms with Crippen molar-refractivity contribution in [2.24, 2.45) is 0 Å². The van der Waals surface area contributed by atoms with Gasteiger partial charge in [-0.15, -0.1) is 0 Å². The smallest absolute Gasteiger partial charge is 0.314 e. The lowest BCUT2D eigenvalue weighted by atomic mass is 10.2. The van der Waals surface area contributed by atoms with Gasteiger partial charge in [-0.3, -0.25) is 10.1 Å². The fourth-order valence-electron chi connectivity index (χ4n) is 1.64. The number of nitrogens with zero attached hydrogens (tertiary/aromatic N) is 1. The van der Waals surface area contributed by atoms with E-state index in [1.165, 1.54) is 6.07 Å². The van der Waals surface area contributed by atoms with Crippen LogP contribution in [0, 0.1) is 10.1 Å². The summed E-state index contributed by atoms with van der Waals surface area (Å²) >= 11 is 0. The molecule has 0 fully saturated rings. The molecular weight excluding hydrogens is 254 g/mol. The number of benzene rings is 1. The third kappa shape index (κ3) is 3.80. The van der Waals surface area contributed by atoms with Crippen molar-refractivity contribution in [3.8, 4) is 11.5 Å². The topological polar surface area (TPSA) is 80.1 Å². The van der Waals surface area contributed by atoms with E-state index >= 15 is 0 Å². The van der Waals surface area contributed by atoms with Crippen LogP contribution in [0.25, 0.3) is 0 Å². The van der Waals surface area contributed by atoms with E-state index in [0.717, 1.165) is 0 Å². The van der Waals surface area contributed by atoms with E-state index in [1.807, 2.05) is 0 Å². The SMILES string of the molecule is O=[N+]([O-])c1cccc2c1OCCOCCOCCO2. The van der Waals surface area contributed by atoms with E-state index in [-0.39, 0.29) is 18.0 Å². The molecule has 7 heteroatoms. The first-order chi connectivity index (χ1) is 9.29. The first kappa shape index (κ1) is 13.6. The molecule has 0 amide bonds. The molecule has 2 rings (SSSR count). The van der Waals surface area contributed by atoms with Crippen molar-refractivity contribution in [3.05, 3.63) is 28.3 Å². The zero-order chi connectivity index (χ0) is 13.5. The molecule has 1 aliphatic heterocycles. The van der Waals surface area contributed by atoms with Crippen LogP contribution < -0.4 is 9.47 Å². The minimum atomic E-state index is -0.495. The lowest BCUT2D eigenvalue weighted by Gasteiger charge is -2.14. The monoisotopic (exact) mass is 269 g/mol. The molecule has 0 radical (unpaired) electrons. The van der Waals surface area contributed by atoms with E-state index in [0.29, 0.717) is 38.8 Å². The summed E-state index contributed by atoms with van der Waals surface area (Å²) in [5, 5.41) is 11.0. The Balaban J connectivity index is 2.20. The fraction of sp³-hybridized carbons (Fsp3) is 0.500. The normalized spacial score (nSPS) is 17.1. The van der Waals surface area contributed by atoms with Gasteiger partial charge in [0.2, 0.25) is 5.75 Å². The Morgan fingerprint density at radius 2 is 1.58 bits per heavy atom. The molecule has 0 spiro atoms. The molecule has 1 aliphatic rings. The third-order valence-electron chi connectivity index (χ3n) is 2.49. The summed E-state index contributed by atoms with van der Waals surface area (Å²) in [6, 6.07) is 4.57. The van der Waals surface area contributed by atoms with Crippen LogP contribution >= 0.6 is 0 Å². The molecule has 0 saturated heterocycles. The maximum atomic E-state index is 11.0. The molecule has 1 aromatic carbocycles. The van der Waals surface area contributed by atoms with Crippen molar-refractivity contribution in [1.29, 1.82) is 0 Å². The Morgan fingerprint density at radius 1 is 0.947 bits per heavy atom. The van der Waals surface area contributed by atoms with Crippen LogP contribution in [0.2, 0.25) is 0 Å². The van der Waals surface area contributed by atoms with Crippen LogP contribution in [0.3, 0.4) is 0 Å². The molecule has 0 atom stereocenters. The lowest BCUT2D eigenvalue weighted by molar-refractivity contribution is -0.386. The van der Waals surface area contributed by atoms with Crippen LogP contribution in [-0.2, 0) is 9.47 Å². The molecule has 0 aromatic heterocycles. The number of hydrogen-bond acceptors (Lipinski definition) is 6. The molecule has 19 heavy (non-hydrogen) atoms. The summed E-state index contributed by atoms with van der Waals surface area (Å²) in [5.74, 6) is 0.482. The quantitative estimate of drug-likeness (QED) is 0.566. The second-order valence-electron chi connectivity index (χ2n) is 3.78. The number of rotatable bonds is 1. The highest BCUT2D eigenvalue weighted by Crippen LogP contribution is 2.36. The van der Waals surface area contributed by atoms with Gasteiger partial charge in [0.1, 0.15) is 13.2 Å². The van der Waals surface area contributed by atoms with Crippen LogP contribution in [0.5, 0.6) is 11.5 Å². The maximum Gasteiger partial charge on any atom is 0.314 e. The second-order valence-corrected chi connectivity index (χ2v) is 3.78. The number of ether oxygens (including phenoxy) is 4. The lowest BCUT2D eigenvalue weighted by Crippen LogP contribution is -2.16. The van der Waals surface area contributed by atoms with Crippen molar-refractivity contribution < 1.29 is 23.9 Å². The highest BCUT2D eigenvalue weighted by atomic mass is 16.6. The van der Waals surface area contributed by atoms with Crippen LogP contribution in [0.1, 0.15) is 0 Å². The van der Waals surface area contributed by atoms with Crippen LogP contribution in [-0.4, -0.2) is 44.6 Å². The van der Waals surface area contributed by atoms with Gasteiger partial charge in [-0.2, -0.15) is 0 Å². The second kappa shape index (κ2) is 6.91. The van der Waals surface area contributed by atoms with Gasteiger partial charge in [0, 0.05) is 6.07 Å². The molecule has 104 valence electrons. The minimum Gasteiger partial charge on any atom is -0.487 e. The van der Waals surface area contributed by atoms with Crippen LogP contribution in [0.4, 0.5) is 5.69 Å². The molecular formula is C12H15NO6. The molecule has 0 N–H and O–H groups in total. The summed E-state index contributed by atoms with van der Waals surface area (Å²) in [6.45, 7) is 2.22. The molecule has 0 bridgehead atoms. The van der Waals surface area contributed by atoms with Gasteiger partial charge in [0.15, 0.2) is 5.75 Å². The van der Waals surface area contributed by atoms with E-state index in [1.54, 1.807) is 12.1 Å². The largest absolute Gasteiger partial charge is 0.487 e. The van der Waals surface area contributed by atoms with Gasteiger partial charge in [-0.05, 0) is 6.07 Å². The summed E-state index contributed by atoms with van der Waals surface area (Å²) in [4.78, 5) is 10.5. The van der Waals surface area contributed by atoms with Crippen molar-refractivity contribution in [2.75, 3.05) is 39.6 Å². The van der Waals surface area contributed by atoms with Gasteiger partial charge in [0.05, 0.1) is 31.4 Å². The van der Waals surface area contributed by atoms with Gasteiger partial charge < -0.3 is 18.9 Å². The molecule has 0 aliphatic carbocycles. The highest BCUT2D eigenvalue weighted by Gasteiger charge is 2.20. The molecule has 0 saturated carbocycles. The van der Waals surface area contributed by atoms with Gasteiger partial charge in [-0.25, -0.2) is 0 Å². The Morgan fingerprint density at radius 3 is 2.26 bits per heavy atom. The van der Waals surface area contributed by atoms with Crippen LogP contribution in [0.15, 0.2) is 18.2 Å². The molecule has 1 aromatic rings. The van der Waals surface area contributed by atoms with E-state index in [9.17, 15) is 10.1 Å². The Labute approximate surface area is 110 Å². The Bertz CT molecular complexity index is 436. The summed E-state index contributed by atoms with van der Waals surface area (Å²) in [5.41, 5.74) is -0.115.